The summed E-state index contributed by atoms with van der Waals surface area (Å²) in [6.07, 6.45) is 7.14. The van der Waals surface area contributed by atoms with E-state index in [9.17, 15) is 0 Å². The Balaban J connectivity index is 2.26. The van der Waals surface area contributed by atoms with Crippen LogP contribution in [0.3, 0.4) is 0 Å². The summed E-state index contributed by atoms with van der Waals surface area (Å²) in [4.78, 5) is 0. The zero-order valence-electron chi connectivity index (χ0n) is 11.4. The smallest absolute Gasteiger partial charge is 0.0662 e. The van der Waals surface area contributed by atoms with Crippen LogP contribution >= 0.6 is 0 Å². The fraction of sp³-hybridized carbons (Fsp3) is 0.312. The molecule has 1 heterocycles. The average molecular weight is 240 g/mol. The second kappa shape index (κ2) is 5.67. The van der Waals surface area contributed by atoms with Gasteiger partial charge in [0.25, 0.3) is 0 Å². The van der Waals surface area contributed by atoms with Gasteiger partial charge in [0, 0.05) is 11.3 Å². The van der Waals surface area contributed by atoms with Crippen LogP contribution in [0.25, 0.3) is 6.08 Å². The van der Waals surface area contributed by atoms with E-state index in [1.165, 1.54) is 22.4 Å². The Morgan fingerprint density at radius 2 is 1.94 bits per heavy atom. The van der Waals surface area contributed by atoms with Crippen molar-refractivity contribution in [2.45, 2.75) is 33.7 Å². The molecule has 0 bridgehead atoms. The lowest BCUT2D eigenvalue weighted by Gasteiger charge is -2.07. The summed E-state index contributed by atoms with van der Waals surface area (Å²) in [5.41, 5.74) is 5.12. The minimum absolute atomic E-state index is 0.848. The summed E-state index contributed by atoms with van der Waals surface area (Å²) < 4.78 is 2.10. The molecule has 0 unspecified atom stereocenters. The molecule has 1 aromatic heterocycles. The van der Waals surface area contributed by atoms with Crippen LogP contribution in [-0.2, 0) is 13.0 Å². The third-order valence-corrected chi connectivity index (χ3v) is 3.12. The van der Waals surface area contributed by atoms with Crippen molar-refractivity contribution in [1.29, 1.82) is 0 Å². The van der Waals surface area contributed by atoms with Crippen LogP contribution in [0.1, 0.15) is 36.2 Å². The van der Waals surface area contributed by atoms with Crippen molar-refractivity contribution in [3.8, 4) is 0 Å². The lowest BCUT2D eigenvalue weighted by atomic mass is 10.1. The molecule has 0 atom stereocenters. The molecular formula is C16H20N2. The van der Waals surface area contributed by atoms with Crippen molar-refractivity contribution in [2.75, 3.05) is 0 Å². The summed E-state index contributed by atoms with van der Waals surface area (Å²) in [5.74, 6) is 0. The Bertz CT molecular complexity index is 533. The Morgan fingerprint density at radius 3 is 2.56 bits per heavy atom. The van der Waals surface area contributed by atoms with Gasteiger partial charge in [0.15, 0.2) is 0 Å². The molecule has 94 valence electrons. The maximum atomic E-state index is 4.49. The van der Waals surface area contributed by atoms with Crippen molar-refractivity contribution >= 4 is 6.08 Å². The fourth-order valence-corrected chi connectivity index (χ4v) is 2.13. The summed E-state index contributed by atoms with van der Waals surface area (Å²) in [6, 6.07) is 8.65. The summed E-state index contributed by atoms with van der Waals surface area (Å²) in [7, 11) is 0. The third-order valence-electron chi connectivity index (χ3n) is 3.12. The second-order valence-corrected chi connectivity index (χ2v) is 4.54. The summed E-state index contributed by atoms with van der Waals surface area (Å²) in [5, 5.41) is 4.49. The van der Waals surface area contributed by atoms with E-state index in [2.05, 4.69) is 60.0 Å². The highest BCUT2D eigenvalue weighted by atomic mass is 15.3. The molecular weight excluding hydrogens is 220 g/mol. The highest BCUT2D eigenvalue weighted by Crippen LogP contribution is 2.14. The zero-order chi connectivity index (χ0) is 13.0. The first kappa shape index (κ1) is 12.6. The first-order valence-electron chi connectivity index (χ1n) is 6.47. The monoisotopic (exact) mass is 240 g/mol. The molecule has 0 aliphatic rings. The minimum Gasteiger partial charge on any atom is -0.265 e. The molecule has 2 nitrogen and oxygen atoms in total. The maximum Gasteiger partial charge on any atom is 0.0662 e. The van der Waals surface area contributed by atoms with E-state index in [0.29, 0.717) is 0 Å². The molecule has 0 aliphatic carbocycles. The Kier molecular flexibility index (Phi) is 3.98. The normalized spacial score (nSPS) is 11.3. The lowest BCUT2D eigenvalue weighted by molar-refractivity contribution is 0.649. The van der Waals surface area contributed by atoms with Crippen LogP contribution in [0.2, 0.25) is 0 Å². The van der Waals surface area contributed by atoms with E-state index in [4.69, 9.17) is 0 Å². The zero-order valence-corrected chi connectivity index (χ0v) is 11.4. The van der Waals surface area contributed by atoms with Gasteiger partial charge in [0.2, 0.25) is 0 Å². The molecule has 0 saturated carbocycles. The number of rotatable bonds is 4. The van der Waals surface area contributed by atoms with Crippen molar-refractivity contribution in [3.63, 3.8) is 0 Å². The van der Waals surface area contributed by atoms with E-state index in [0.717, 1.165) is 13.0 Å². The molecule has 0 radical (unpaired) electrons. The molecule has 2 aromatic rings. The summed E-state index contributed by atoms with van der Waals surface area (Å²) >= 11 is 0. The van der Waals surface area contributed by atoms with Crippen molar-refractivity contribution < 1.29 is 0 Å². The number of benzene rings is 1. The number of aryl methyl sites for hydroxylation is 1. The molecule has 0 N–H and O–H groups in total. The van der Waals surface area contributed by atoms with Crippen LogP contribution in [0.5, 0.6) is 0 Å². The van der Waals surface area contributed by atoms with Crippen LogP contribution in [0.4, 0.5) is 0 Å². The third kappa shape index (κ3) is 2.70. The van der Waals surface area contributed by atoms with Gasteiger partial charge in [0.1, 0.15) is 0 Å². The molecule has 18 heavy (non-hydrogen) atoms. The van der Waals surface area contributed by atoms with E-state index in [1.807, 2.05) is 13.1 Å². The van der Waals surface area contributed by atoms with E-state index < -0.39 is 0 Å². The maximum absolute atomic E-state index is 4.49. The van der Waals surface area contributed by atoms with Crippen molar-refractivity contribution in [2.24, 2.45) is 0 Å². The van der Waals surface area contributed by atoms with E-state index in [-0.39, 0.29) is 0 Å². The molecule has 0 amide bonds. The standard InChI is InChI=1S/C16H20N2/c1-4-6-15-11-17-18(16(15)5-2)12-14-9-7-13(3)8-10-14/h4,6-11H,5,12H2,1-3H3. The predicted molar refractivity (Wildman–Crippen MR) is 76.6 cm³/mol. The Morgan fingerprint density at radius 1 is 1.22 bits per heavy atom. The molecule has 1 aromatic carbocycles. The minimum atomic E-state index is 0.848. The van der Waals surface area contributed by atoms with Crippen LogP contribution in [0, 0.1) is 6.92 Å². The number of aromatic nitrogens is 2. The molecule has 2 rings (SSSR count). The first-order valence-corrected chi connectivity index (χ1v) is 6.47. The Hall–Kier alpha value is -1.83. The van der Waals surface area contributed by atoms with Gasteiger partial charge < -0.3 is 0 Å². The highest BCUT2D eigenvalue weighted by Gasteiger charge is 2.06. The second-order valence-electron chi connectivity index (χ2n) is 4.54. The van der Waals surface area contributed by atoms with Gasteiger partial charge >= 0.3 is 0 Å². The SMILES string of the molecule is CC=Cc1cnn(Cc2ccc(C)cc2)c1CC. The highest BCUT2D eigenvalue weighted by molar-refractivity contribution is 5.50. The van der Waals surface area contributed by atoms with Gasteiger partial charge in [0.05, 0.1) is 12.7 Å². The van der Waals surface area contributed by atoms with Gasteiger partial charge in [-0.05, 0) is 25.8 Å². The predicted octanol–water partition coefficient (Wildman–Crippen LogP) is 3.84. The lowest BCUT2D eigenvalue weighted by Crippen LogP contribution is -2.06. The van der Waals surface area contributed by atoms with Gasteiger partial charge in [-0.3, -0.25) is 4.68 Å². The number of allylic oxidation sites excluding steroid dienone is 1. The van der Waals surface area contributed by atoms with Gasteiger partial charge in [-0.15, -0.1) is 0 Å². The first-order chi connectivity index (χ1) is 8.74. The molecule has 0 saturated heterocycles. The topological polar surface area (TPSA) is 17.8 Å². The van der Waals surface area contributed by atoms with Crippen LogP contribution in [0.15, 0.2) is 36.5 Å². The van der Waals surface area contributed by atoms with Gasteiger partial charge in [-0.2, -0.15) is 5.10 Å². The molecule has 2 heteroatoms. The summed E-state index contributed by atoms with van der Waals surface area (Å²) in [6.45, 7) is 7.17. The van der Waals surface area contributed by atoms with Crippen LogP contribution in [-0.4, -0.2) is 9.78 Å². The fourth-order valence-electron chi connectivity index (χ4n) is 2.13. The Labute approximate surface area is 109 Å². The van der Waals surface area contributed by atoms with Gasteiger partial charge in [-0.1, -0.05) is 48.9 Å². The number of nitrogens with zero attached hydrogens (tertiary/aromatic N) is 2. The largest absolute Gasteiger partial charge is 0.265 e. The average Bonchev–Trinajstić information content (AvgIpc) is 2.75. The number of hydrogen-bond donors (Lipinski definition) is 0. The van der Waals surface area contributed by atoms with Gasteiger partial charge in [-0.25, -0.2) is 0 Å². The van der Waals surface area contributed by atoms with Crippen molar-refractivity contribution in [1.82, 2.24) is 9.78 Å². The molecule has 0 aliphatic heterocycles. The molecule has 0 fully saturated rings. The number of hydrogen-bond acceptors (Lipinski definition) is 1. The van der Waals surface area contributed by atoms with E-state index in [1.54, 1.807) is 0 Å². The van der Waals surface area contributed by atoms with Crippen molar-refractivity contribution in [3.05, 3.63) is 58.9 Å². The molecule has 0 spiro atoms. The quantitative estimate of drug-likeness (QED) is 0.794. The van der Waals surface area contributed by atoms with E-state index >= 15 is 0 Å². The van der Waals surface area contributed by atoms with Crippen LogP contribution < -0.4 is 0 Å².